The monoisotopic (exact) mass is 144 g/mol. The minimum Gasteiger partial charge on any atom is -0.296 e. The van der Waals surface area contributed by atoms with E-state index in [1.807, 2.05) is 19.0 Å². The highest BCUT2D eigenvalue weighted by molar-refractivity contribution is 7.82. The summed E-state index contributed by atoms with van der Waals surface area (Å²) in [6.45, 7) is 4.13. The SMILES string of the molecule is CC1=NN(C)C(C)C1S. The summed E-state index contributed by atoms with van der Waals surface area (Å²) in [5, 5.41) is 6.50. The summed E-state index contributed by atoms with van der Waals surface area (Å²) in [5.41, 5.74) is 1.12. The average molecular weight is 144 g/mol. The highest BCUT2D eigenvalue weighted by atomic mass is 32.1. The molecule has 1 aliphatic heterocycles. The molecule has 0 saturated carbocycles. The van der Waals surface area contributed by atoms with Gasteiger partial charge in [0.25, 0.3) is 0 Å². The quantitative estimate of drug-likeness (QED) is 0.501. The Kier molecular flexibility index (Phi) is 1.70. The van der Waals surface area contributed by atoms with Crippen LogP contribution in [0.2, 0.25) is 0 Å². The fraction of sp³-hybridized carbons (Fsp3) is 0.833. The highest BCUT2D eigenvalue weighted by Crippen LogP contribution is 2.17. The van der Waals surface area contributed by atoms with Gasteiger partial charge >= 0.3 is 0 Å². The minimum absolute atomic E-state index is 0.329. The number of nitrogens with zero attached hydrogens (tertiary/aromatic N) is 2. The van der Waals surface area contributed by atoms with Gasteiger partial charge in [-0.05, 0) is 13.8 Å². The summed E-state index contributed by atoms with van der Waals surface area (Å²) in [5.74, 6) is 0. The van der Waals surface area contributed by atoms with Crippen molar-refractivity contribution in [3.8, 4) is 0 Å². The van der Waals surface area contributed by atoms with Gasteiger partial charge in [-0.25, -0.2) is 0 Å². The van der Waals surface area contributed by atoms with E-state index in [1.165, 1.54) is 0 Å². The molecule has 9 heavy (non-hydrogen) atoms. The molecule has 2 nitrogen and oxygen atoms in total. The fourth-order valence-corrected chi connectivity index (χ4v) is 1.20. The lowest BCUT2D eigenvalue weighted by Gasteiger charge is -2.16. The molecular weight excluding hydrogens is 132 g/mol. The van der Waals surface area contributed by atoms with Crippen LogP contribution in [0.3, 0.4) is 0 Å². The Morgan fingerprint density at radius 1 is 1.67 bits per heavy atom. The molecule has 1 rings (SSSR count). The maximum Gasteiger partial charge on any atom is 0.0632 e. The molecule has 0 bridgehead atoms. The molecule has 0 radical (unpaired) electrons. The molecule has 0 saturated heterocycles. The summed E-state index contributed by atoms with van der Waals surface area (Å²) in [4.78, 5) is 0. The summed E-state index contributed by atoms with van der Waals surface area (Å²) >= 11 is 4.37. The van der Waals surface area contributed by atoms with Gasteiger partial charge in [0.15, 0.2) is 0 Å². The van der Waals surface area contributed by atoms with Crippen LogP contribution in [0.4, 0.5) is 0 Å². The molecule has 0 N–H and O–H groups in total. The Hall–Kier alpha value is -0.180. The molecule has 1 heterocycles. The van der Waals surface area contributed by atoms with Crippen LogP contribution in [0, 0.1) is 0 Å². The van der Waals surface area contributed by atoms with Crippen molar-refractivity contribution in [2.45, 2.75) is 25.1 Å². The maximum absolute atomic E-state index is 4.37. The van der Waals surface area contributed by atoms with Gasteiger partial charge in [-0.1, -0.05) is 0 Å². The number of rotatable bonds is 0. The van der Waals surface area contributed by atoms with E-state index in [-0.39, 0.29) is 0 Å². The first-order valence-corrected chi connectivity index (χ1v) is 3.60. The van der Waals surface area contributed by atoms with E-state index in [9.17, 15) is 0 Å². The lowest BCUT2D eigenvalue weighted by molar-refractivity contribution is 0.307. The van der Waals surface area contributed by atoms with Gasteiger partial charge in [0.05, 0.1) is 11.3 Å². The predicted octanol–water partition coefficient (Wildman–Crippen LogP) is 0.995. The van der Waals surface area contributed by atoms with Gasteiger partial charge in [-0.2, -0.15) is 17.7 Å². The van der Waals surface area contributed by atoms with Crippen molar-refractivity contribution >= 4 is 18.3 Å². The van der Waals surface area contributed by atoms with Crippen LogP contribution < -0.4 is 0 Å². The Labute approximate surface area is 61.3 Å². The first-order chi connectivity index (χ1) is 4.13. The first-order valence-electron chi connectivity index (χ1n) is 3.09. The van der Waals surface area contributed by atoms with Gasteiger partial charge in [-0.15, -0.1) is 0 Å². The average Bonchev–Trinajstić information content (AvgIpc) is 1.98. The van der Waals surface area contributed by atoms with Crippen molar-refractivity contribution in [3.05, 3.63) is 0 Å². The molecule has 0 amide bonds. The smallest absolute Gasteiger partial charge is 0.0632 e. The van der Waals surface area contributed by atoms with E-state index in [1.54, 1.807) is 0 Å². The molecule has 0 fully saturated rings. The minimum atomic E-state index is 0.329. The molecule has 0 aromatic heterocycles. The van der Waals surface area contributed by atoms with Gasteiger partial charge in [-0.3, -0.25) is 5.01 Å². The molecule has 3 heteroatoms. The molecule has 0 aromatic rings. The lowest BCUT2D eigenvalue weighted by atomic mass is 10.2. The first kappa shape index (κ1) is 6.93. The summed E-state index contributed by atoms with van der Waals surface area (Å²) in [7, 11) is 1.98. The predicted molar refractivity (Wildman–Crippen MR) is 43.1 cm³/mol. The van der Waals surface area contributed by atoms with Crippen LogP contribution in [0.1, 0.15) is 13.8 Å². The van der Waals surface area contributed by atoms with E-state index in [0.717, 1.165) is 5.71 Å². The van der Waals surface area contributed by atoms with Crippen molar-refractivity contribution in [3.63, 3.8) is 0 Å². The van der Waals surface area contributed by atoms with Gasteiger partial charge < -0.3 is 0 Å². The summed E-state index contributed by atoms with van der Waals surface area (Å²) in [6, 6.07) is 0.452. The lowest BCUT2D eigenvalue weighted by Crippen LogP contribution is -2.27. The third kappa shape index (κ3) is 1.06. The number of hydrogen-bond acceptors (Lipinski definition) is 3. The molecule has 52 valence electrons. The summed E-state index contributed by atoms with van der Waals surface area (Å²) in [6.07, 6.45) is 0. The van der Waals surface area contributed by atoms with Crippen molar-refractivity contribution in [2.24, 2.45) is 5.10 Å². The zero-order valence-corrected chi connectivity index (χ0v) is 6.89. The van der Waals surface area contributed by atoms with Gasteiger partial charge in [0, 0.05) is 12.8 Å². The van der Waals surface area contributed by atoms with Crippen LogP contribution in [0.5, 0.6) is 0 Å². The van der Waals surface area contributed by atoms with Crippen molar-refractivity contribution < 1.29 is 0 Å². The molecular formula is C6H12N2S. The molecule has 0 aromatic carbocycles. The molecule has 2 unspecified atom stereocenters. The van der Waals surface area contributed by atoms with E-state index in [4.69, 9.17) is 0 Å². The van der Waals surface area contributed by atoms with Gasteiger partial charge in [0.1, 0.15) is 0 Å². The standard InChI is InChI=1S/C6H12N2S/c1-4-6(9)5(2)8(3)7-4/h5-6,9H,1-3H3. The second kappa shape index (κ2) is 2.21. The van der Waals surface area contributed by atoms with Crippen molar-refractivity contribution in [2.75, 3.05) is 7.05 Å². The van der Waals surface area contributed by atoms with Crippen molar-refractivity contribution in [1.29, 1.82) is 0 Å². The summed E-state index contributed by atoms with van der Waals surface area (Å²) < 4.78 is 0. The molecule has 0 spiro atoms. The normalized spacial score (nSPS) is 35.1. The number of thiol groups is 1. The third-order valence-electron chi connectivity index (χ3n) is 1.79. The van der Waals surface area contributed by atoms with Crippen molar-refractivity contribution in [1.82, 2.24) is 5.01 Å². The number of hydrogen-bond donors (Lipinski definition) is 1. The largest absolute Gasteiger partial charge is 0.296 e. The second-order valence-electron chi connectivity index (χ2n) is 2.50. The van der Waals surface area contributed by atoms with Crippen LogP contribution in [0.25, 0.3) is 0 Å². The zero-order chi connectivity index (χ0) is 7.02. The topological polar surface area (TPSA) is 15.6 Å². The number of hydrazone groups is 1. The van der Waals surface area contributed by atoms with Gasteiger partial charge in [0.2, 0.25) is 0 Å². The van der Waals surface area contributed by atoms with Crippen LogP contribution in [-0.2, 0) is 0 Å². The van der Waals surface area contributed by atoms with Crippen LogP contribution in [-0.4, -0.2) is 29.1 Å². The Bertz CT molecular complexity index is 144. The fourth-order valence-electron chi connectivity index (χ4n) is 0.952. The Morgan fingerprint density at radius 2 is 2.22 bits per heavy atom. The third-order valence-corrected chi connectivity index (χ3v) is 2.59. The Balaban J connectivity index is 2.70. The molecule has 0 aliphatic carbocycles. The van der Waals surface area contributed by atoms with E-state index in [2.05, 4.69) is 24.7 Å². The van der Waals surface area contributed by atoms with Crippen LogP contribution in [0.15, 0.2) is 5.10 Å². The molecule has 2 atom stereocenters. The maximum atomic E-state index is 4.37. The molecule has 1 aliphatic rings. The van der Waals surface area contributed by atoms with E-state index >= 15 is 0 Å². The van der Waals surface area contributed by atoms with Crippen LogP contribution >= 0.6 is 12.6 Å². The second-order valence-corrected chi connectivity index (χ2v) is 3.06. The van der Waals surface area contributed by atoms with E-state index < -0.39 is 0 Å². The zero-order valence-electron chi connectivity index (χ0n) is 6.00. The van der Waals surface area contributed by atoms with E-state index in [0.29, 0.717) is 11.3 Å². The highest BCUT2D eigenvalue weighted by Gasteiger charge is 2.25. The Morgan fingerprint density at radius 3 is 2.33 bits per heavy atom.